The fraction of sp³-hybridized carbons (Fsp3) is 0.452. The monoisotopic (exact) mass is 1180 g/mol. The van der Waals surface area contributed by atoms with E-state index in [4.69, 9.17) is 27.5 Å². The van der Waals surface area contributed by atoms with Crippen LogP contribution in [0.1, 0.15) is 166 Å². The molecule has 0 fully saturated rings. The second-order valence-electron chi connectivity index (χ2n) is 21.5. The van der Waals surface area contributed by atoms with E-state index in [9.17, 15) is 0 Å². The molecule has 15 heteroatoms. The Morgan fingerprint density at radius 1 is 0.468 bits per heavy atom. The second kappa shape index (κ2) is 25.4. The van der Waals surface area contributed by atoms with Crippen molar-refractivity contribution >= 4 is 133 Å². The Bertz CT molecular complexity index is 3560. The summed E-state index contributed by atoms with van der Waals surface area (Å²) in [6.45, 7) is 16.7. The Hall–Kier alpha value is -3.64. The van der Waals surface area contributed by atoms with E-state index < -0.39 is 8.80 Å². The lowest BCUT2D eigenvalue weighted by Crippen LogP contribution is -2.41. The van der Waals surface area contributed by atoms with Gasteiger partial charge in [-0.3, -0.25) is 9.97 Å². The normalized spacial score (nSPS) is 14.6. The van der Waals surface area contributed by atoms with Crippen LogP contribution in [0.25, 0.3) is 93.4 Å². The zero-order valence-electron chi connectivity index (χ0n) is 45.8. The average Bonchev–Trinajstić information content (AvgIpc) is 4.38. The third-order valence-corrected chi connectivity index (χ3v) is 28.8. The number of aromatic nitrogens is 6. The molecule has 0 N–H and O–H groups in total. The summed E-state index contributed by atoms with van der Waals surface area (Å²) in [5.74, 6) is 1.61. The highest BCUT2D eigenvalue weighted by molar-refractivity contribution is 7.30. The summed E-state index contributed by atoms with van der Waals surface area (Å²) in [6, 6.07) is 22.3. The van der Waals surface area contributed by atoms with Gasteiger partial charge in [0.05, 0.1) is 33.2 Å². The summed E-state index contributed by atoms with van der Waals surface area (Å²) < 4.78 is 20.2. The average molecular weight is 1190 g/mol. The lowest BCUT2D eigenvalue weighted by atomic mass is 9.85. The molecule has 1 aliphatic heterocycles. The molecule has 0 saturated carbocycles. The first-order valence-electron chi connectivity index (χ1n) is 28.7. The smallest absolute Gasteiger partial charge is 0.132 e. The highest BCUT2D eigenvalue weighted by Gasteiger charge is 2.42. The first-order valence-corrected chi connectivity index (χ1v) is 37.1. The topological polar surface area (TPSA) is 77.3 Å². The molecule has 0 saturated heterocycles. The molecule has 0 aliphatic carbocycles. The van der Waals surface area contributed by atoms with E-state index in [1.165, 1.54) is 197 Å². The molecule has 11 heterocycles. The molecular formula is C62H72N6S8Si. The number of fused-ring (bicyclic) bond motifs is 5. The van der Waals surface area contributed by atoms with Crippen molar-refractivity contribution in [3.8, 4) is 71.3 Å². The Labute approximate surface area is 490 Å². The third kappa shape index (κ3) is 11.5. The van der Waals surface area contributed by atoms with Crippen LogP contribution in [0.2, 0.25) is 6.04 Å². The molecule has 10 aromatic rings. The Morgan fingerprint density at radius 3 is 1.57 bits per heavy atom. The SMILES string of the molecule is CCCCCCc1ccc(-c2ccc(-c3cnc(-c4cc5c(s4)-c4sc(-c6ncc(-c7ccc(-c8ccc(CCCCCC)s8)s7)c7nsnc67)c(C(C)C(C)CCCC)c4[Si@@H]5CC(CC)CCCC)c4nsnc34)s2)s1. The minimum atomic E-state index is -1.74. The highest BCUT2D eigenvalue weighted by atomic mass is 32.1. The van der Waals surface area contributed by atoms with Gasteiger partial charge in [-0.15, -0.1) is 68.0 Å². The van der Waals surface area contributed by atoms with Gasteiger partial charge in [0, 0.05) is 72.3 Å². The summed E-state index contributed by atoms with van der Waals surface area (Å²) in [7, 11) is -1.74. The molecule has 3 unspecified atom stereocenters. The summed E-state index contributed by atoms with van der Waals surface area (Å²) in [4.78, 5) is 27.0. The van der Waals surface area contributed by atoms with Crippen LogP contribution < -0.4 is 10.4 Å². The Kier molecular flexibility index (Phi) is 18.3. The van der Waals surface area contributed by atoms with Gasteiger partial charge in [-0.2, -0.15) is 17.5 Å². The van der Waals surface area contributed by atoms with E-state index in [1.807, 2.05) is 68.0 Å². The van der Waals surface area contributed by atoms with Gasteiger partial charge in [0.15, 0.2) is 0 Å². The maximum atomic E-state index is 5.51. The van der Waals surface area contributed by atoms with Crippen molar-refractivity contribution in [3.05, 3.63) is 82.3 Å². The van der Waals surface area contributed by atoms with Gasteiger partial charge in [0.2, 0.25) is 0 Å². The number of rotatable bonds is 27. The largest absolute Gasteiger partial charge is 0.252 e. The summed E-state index contributed by atoms with van der Waals surface area (Å²) in [5, 5.41) is 3.31. The fourth-order valence-electron chi connectivity index (χ4n) is 11.6. The standard InChI is InChI=1S/C62H72N6S8Si/c1-8-13-17-19-23-40-25-27-46(69-40)48-31-29-44(71-48)42-34-63-55(56-53(42)65-75-67-56)50-33-51-59(73-50)61-62(77(51)36-39(12-5)22-16-11-4)52(38(7)37(6)21-15-10-3)60(74-61)58-57-54(66-76-68-57)43(35-64-58)45-30-32-49(72-45)47-28-26-41(70-47)24-20-18-14-9-2/h25-35,37-39,77H,8-24,36H2,1-7H3/t37?,38?,39?,77-/m1/s1. The van der Waals surface area contributed by atoms with E-state index >= 15 is 0 Å². The van der Waals surface area contributed by atoms with Gasteiger partial charge >= 0.3 is 0 Å². The van der Waals surface area contributed by atoms with Crippen molar-refractivity contribution in [2.75, 3.05) is 0 Å². The maximum absolute atomic E-state index is 5.51. The molecule has 0 spiro atoms. The molecule has 1 aliphatic rings. The summed E-state index contributed by atoms with van der Waals surface area (Å²) in [6.07, 6.45) is 25.6. The van der Waals surface area contributed by atoms with E-state index in [2.05, 4.69) is 115 Å². The van der Waals surface area contributed by atoms with Crippen molar-refractivity contribution in [3.63, 3.8) is 0 Å². The summed E-state index contributed by atoms with van der Waals surface area (Å²) in [5.41, 5.74) is 9.51. The van der Waals surface area contributed by atoms with Gasteiger partial charge in [-0.25, -0.2) is 0 Å². The second-order valence-corrected chi connectivity index (χ2v) is 32.0. The number of unbranched alkanes of at least 4 members (excludes halogenated alkanes) is 8. The molecular weight excluding hydrogens is 1110 g/mol. The van der Waals surface area contributed by atoms with Crippen LogP contribution in [-0.2, 0) is 12.8 Å². The van der Waals surface area contributed by atoms with Crippen molar-refractivity contribution in [2.24, 2.45) is 11.8 Å². The highest BCUT2D eigenvalue weighted by Crippen LogP contribution is 2.51. The van der Waals surface area contributed by atoms with Crippen LogP contribution in [-0.4, -0.2) is 36.3 Å². The first-order chi connectivity index (χ1) is 37.8. The zero-order valence-corrected chi connectivity index (χ0v) is 53.5. The van der Waals surface area contributed by atoms with Crippen LogP contribution in [0.15, 0.2) is 67.0 Å². The van der Waals surface area contributed by atoms with Crippen LogP contribution in [0.5, 0.6) is 0 Å². The molecule has 77 heavy (non-hydrogen) atoms. The number of thiophene rings is 6. The molecule has 0 radical (unpaired) electrons. The zero-order chi connectivity index (χ0) is 53.0. The lowest BCUT2D eigenvalue weighted by Gasteiger charge is -2.26. The Balaban J connectivity index is 0.969. The first kappa shape index (κ1) is 55.3. The van der Waals surface area contributed by atoms with Crippen molar-refractivity contribution < 1.29 is 0 Å². The third-order valence-electron chi connectivity index (χ3n) is 16.2. The number of hydrogen-bond donors (Lipinski definition) is 0. The molecule has 0 aromatic carbocycles. The number of pyridine rings is 2. The van der Waals surface area contributed by atoms with E-state index in [1.54, 1.807) is 15.9 Å². The van der Waals surface area contributed by atoms with Crippen molar-refractivity contribution in [1.82, 2.24) is 27.5 Å². The maximum Gasteiger partial charge on any atom is 0.132 e. The van der Waals surface area contributed by atoms with Crippen molar-refractivity contribution in [1.29, 1.82) is 0 Å². The molecule has 0 bridgehead atoms. The lowest BCUT2D eigenvalue weighted by molar-refractivity contribution is 0.439. The molecule has 11 rings (SSSR count). The van der Waals surface area contributed by atoms with Gasteiger partial charge < -0.3 is 0 Å². The predicted octanol–water partition coefficient (Wildman–Crippen LogP) is 20.6. The van der Waals surface area contributed by atoms with Crippen LogP contribution in [0, 0.1) is 11.8 Å². The molecule has 0 amide bonds. The quantitative estimate of drug-likeness (QED) is 0.0377. The van der Waals surface area contributed by atoms with E-state index in [0.717, 1.165) is 44.6 Å². The van der Waals surface area contributed by atoms with Crippen molar-refractivity contribution in [2.45, 2.75) is 170 Å². The molecule has 402 valence electrons. The number of aryl methyl sites for hydroxylation is 2. The summed E-state index contributed by atoms with van der Waals surface area (Å²) >= 11 is 14.2. The van der Waals surface area contributed by atoms with Crippen LogP contribution in [0.4, 0.5) is 0 Å². The molecule has 10 aromatic heterocycles. The minimum Gasteiger partial charge on any atom is -0.252 e. The molecule has 6 nitrogen and oxygen atoms in total. The van der Waals surface area contributed by atoms with Gasteiger partial charge in [-0.1, -0.05) is 132 Å². The van der Waals surface area contributed by atoms with Gasteiger partial charge in [0.1, 0.15) is 42.3 Å². The Morgan fingerprint density at radius 2 is 0.987 bits per heavy atom. The number of nitrogens with zero attached hydrogens (tertiary/aromatic N) is 6. The van der Waals surface area contributed by atoms with E-state index in [0.29, 0.717) is 17.8 Å². The molecule has 4 atom stereocenters. The van der Waals surface area contributed by atoms with Gasteiger partial charge in [0.25, 0.3) is 0 Å². The minimum absolute atomic E-state index is 0.381. The van der Waals surface area contributed by atoms with Crippen LogP contribution >= 0.6 is 91.5 Å². The predicted molar refractivity (Wildman–Crippen MR) is 347 cm³/mol. The number of hydrogen-bond acceptors (Lipinski definition) is 14. The fourth-order valence-corrected chi connectivity index (χ4v) is 25.3. The van der Waals surface area contributed by atoms with E-state index in [-0.39, 0.29) is 0 Å². The van der Waals surface area contributed by atoms with Gasteiger partial charge in [-0.05, 0) is 120 Å². The van der Waals surface area contributed by atoms with Crippen LogP contribution in [0.3, 0.4) is 0 Å².